The third-order valence-corrected chi connectivity index (χ3v) is 5.51. The van der Waals surface area contributed by atoms with Gasteiger partial charge in [0.15, 0.2) is 5.82 Å². The van der Waals surface area contributed by atoms with Crippen LogP contribution in [0.3, 0.4) is 0 Å². The lowest BCUT2D eigenvalue weighted by molar-refractivity contribution is -0.384. The predicted octanol–water partition coefficient (Wildman–Crippen LogP) is 3.72. The molecule has 2 aromatic carbocycles. The molecule has 0 bridgehead atoms. The molecule has 0 aliphatic carbocycles. The van der Waals surface area contributed by atoms with Gasteiger partial charge in [-0.1, -0.05) is 24.3 Å². The lowest BCUT2D eigenvalue weighted by Gasteiger charge is -2.34. The Labute approximate surface area is 186 Å². The van der Waals surface area contributed by atoms with Gasteiger partial charge in [-0.3, -0.25) is 14.9 Å². The standard InChI is InChI=1S/C24H23N5O3/c1-18-4-2-3-5-21(18)22-11-12-23(26-25-22)27-14-16-28(17-15-27)24(30)13-8-19-6-9-20(10-7-19)29(31)32/h2-13H,14-17H2,1H3/b13-8+. The Balaban J connectivity index is 1.33. The van der Waals surface area contributed by atoms with Gasteiger partial charge in [0.2, 0.25) is 5.91 Å². The highest BCUT2D eigenvalue weighted by molar-refractivity contribution is 5.92. The number of nitro groups is 1. The summed E-state index contributed by atoms with van der Waals surface area (Å²) in [6.07, 6.45) is 3.18. The first kappa shape index (κ1) is 21.2. The van der Waals surface area contributed by atoms with Crippen LogP contribution in [-0.2, 0) is 4.79 Å². The Morgan fingerprint density at radius 3 is 2.31 bits per heavy atom. The number of benzene rings is 2. The molecular weight excluding hydrogens is 406 g/mol. The maximum atomic E-state index is 12.5. The Bertz CT molecular complexity index is 1140. The minimum Gasteiger partial charge on any atom is -0.352 e. The number of hydrogen-bond acceptors (Lipinski definition) is 6. The average Bonchev–Trinajstić information content (AvgIpc) is 2.83. The summed E-state index contributed by atoms with van der Waals surface area (Å²) in [6, 6.07) is 18.1. The molecule has 0 saturated carbocycles. The fourth-order valence-electron chi connectivity index (χ4n) is 3.63. The summed E-state index contributed by atoms with van der Waals surface area (Å²) < 4.78 is 0. The molecule has 1 amide bonds. The Kier molecular flexibility index (Phi) is 6.21. The van der Waals surface area contributed by atoms with Crippen LogP contribution in [0, 0.1) is 17.0 Å². The van der Waals surface area contributed by atoms with E-state index in [9.17, 15) is 14.9 Å². The molecule has 0 atom stereocenters. The molecule has 0 N–H and O–H groups in total. The summed E-state index contributed by atoms with van der Waals surface area (Å²) in [5.41, 5.74) is 3.84. The topological polar surface area (TPSA) is 92.5 Å². The number of hydrogen-bond donors (Lipinski definition) is 0. The van der Waals surface area contributed by atoms with Crippen LogP contribution in [0.2, 0.25) is 0 Å². The third kappa shape index (κ3) is 4.80. The lowest BCUT2D eigenvalue weighted by Crippen LogP contribution is -2.48. The minimum absolute atomic E-state index is 0.0274. The number of carbonyl (C=O) groups is 1. The number of nitrogens with zero attached hydrogens (tertiary/aromatic N) is 5. The van der Waals surface area contributed by atoms with Crippen molar-refractivity contribution in [1.29, 1.82) is 0 Å². The molecule has 0 unspecified atom stereocenters. The van der Waals surface area contributed by atoms with Crippen molar-refractivity contribution in [2.24, 2.45) is 0 Å². The minimum atomic E-state index is -0.446. The predicted molar refractivity (Wildman–Crippen MR) is 123 cm³/mol. The van der Waals surface area contributed by atoms with Crippen molar-refractivity contribution in [2.75, 3.05) is 31.1 Å². The van der Waals surface area contributed by atoms with Crippen molar-refractivity contribution in [3.05, 3.63) is 88.0 Å². The quantitative estimate of drug-likeness (QED) is 0.349. The average molecular weight is 429 g/mol. The number of piperazine rings is 1. The van der Waals surface area contributed by atoms with E-state index >= 15 is 0 Å². The number of amides is 1. The molecule has 4 rings (SSSR count). The van der Waals surface area contributed by atoms with Gasteiger partial charge in [-0.25, -0.2) is 0 Å². The van der Waals surface area contributed by atoms with Gasteiger partial charge in [0.1, 0.15) is 0 Å². The molecule has 0 spiro atoms. The summed E-state index contributed by atoms with van der Waals surface area (Å²) in [6.45, 7) is 4.58. The van der Waals surface area contributed by atoms with Gasteiger partial charge in [0.05, 0.1) is 10.6 Å². The molecule has 8 heteroatoms. The molecule has 162 valence electrons. The number of anilines is 1. The normalized spacial score (nSPS) is 14.0. The fraction of sp³-hybridized carbons (Fsp3) is 0.208. The smallest absolute Gasteiger partial charge is 0.269 e. The van der Waals surface area contributed by atoms with Crippen LogP contribution < -0.4 is 4.90 Å². The molecule has 8 nitrogen and oxygen atoms in total. The van der Waals surface area contributed by atoms with E-state index in [1.54, 1.807) is 23.1 Å². The van der Waals surface area contributed by atoms with E-state index in [0.29, 0.717) is 26.2 Å². The van der Waals surface area contributed by atoms with Crippen LogP contribution >= 0.6 is 0 Å². The van der Waals surface area contributed by atoms with E-state index in [0.717, 1.165) is 28.2 Å². The molecule has 32 heavy (non-hydrogen) atoms. The highest BCUT2D eigenvalue weighted by atomic mass is 16.6. The zero-order valence-corrected chi connectivity index (χ0v) is 17.7. The summed E-state index contributed by atoms with van der Waals surface area (Å²) >= 11 is 0. The number of rotatable bonds is 5. The second-order valence-corrected chi connectivity index (χ2v) is 7.59. The molecular formula is C24H23N5O3. The first-order valence-electron chi connectivity index (χ1n) is 10.4. The van der Waals surface area contributed by atoms with Crippen molar-refractivity contribution in [2.45, 2.75) is 6.92 Å². The maximum Gasteiger partial charge on any atom is 0.269 e. The number of nitro benzene ring substituents is 1. The molecule has 1 aliphatic rings. The summed E-state index contributed by atoms with van der Waals surface area (Å²) in [4.78, 5) is 26.7. The van der Waals surface area contributed by atoms with Gasteiger partial charge in [-0.15, -0.1) is 10.2 Å². The number of aromatic nitrogens is 2. The monoisotopic (exact) mass is 429 g/mol. The van der Waals surface area contributed by atoms with Crippen molar-refractivity contribution >= 4 is 23.5 Å². The summed E-state index contributed by atoms with van der Waals surface area (Å²) in [5, 5.41) is 19.5. The van der Waals surface area contributed by atoms with Crippen LogP contribution in [0.4, 0.5) is 11.5 Å². The highest BCUT2D eigenvalue weighted by Crippen LogP contribution is 2.22. The SMILES string of the molecule is Cc1ccccc1-c1ccc(N2CCN(C(=O)/C=C/c3ccc([N+](=O)[O-])cc3)CC2)nn1. The largest absolute Gasteiger partial charge is 0.352 e. The van der Waals surface area contributed by atoms with E-state index in [-0.39, 0.29) is 11.6 Å². The van der Waals surface area contributed by atoms with Crippen LogP contribution in [0.5, 0.6) is 0 Å². The molecule has 1 saturated heterocycles. The Morgan fingerprint density at radius 2 is 1.69 bits per heavy atom. The highest BCUT2D eigenvalue weighted by Gasteiger charge is 2.21. The molecule has 1 fully saturated rings. The summed E-state index contributed by atoms with van der Waals surface area (Å²) in [7, 11) is 0. The number of non-ortho nitro benzene ring substituents is 1. The van der Waals surface area contributed by atoms with E-state index in [4.69, 9.17) is 0 Å². The van der Waals surface area contributed by atoms with Crippen molar-refractivity contribution in [1.82, 2.24) is 15.1 Å². The zero-order valence-electron chi connectivity index (χ0n) is 17.7. The van der Waals surface area contributed by atoms with Crippen LogP contribution in [0.25, 0.3) is 17.3 Å². The molecule has 1 aliphatic heterocycles. The fourth-order valence-corrected chi connectivity index (χ4v) is 3.63. The molecule has 1 aromatic heterocycles. The molecule has 2 heterocycles. The van der Waals surface area contributed by atoms with Crippen molar-refractivity contribution in [3.63, 3.8) is 0 Å². The third-order valence-electron chi connectivity index (χ3n) is 5.51. The first-order chi connectivity index (χ1) is 15.5. The van der Waals surface area contributed by atoms with Gasteiger partial charge in [-0.2, -0.15) is 0 Å². The van der Waals surface area contributed by atoms with E-state index in [1.165, 1.54) is 18.2 Å². The van der Waals surface area contributed by atoms with Crippen LogP contribution in [-0.4, -0.2) is 52.1 Å². The molecule has 0 radical (unpaired) electrons. The second kappa shape index (κ2) is 9.38. The van der Waals surface area contributed by atoms with Gasteiger partial charge in [-0.05, 0) is 48.4 Å². The van der Waals surface area contributed by atoms with E-state index in [2.05, 4.69) is 28.1 Å². The maximum absolute atomic E-state index is 12.5. The molecule has 3 aromatic rings. The van der Waals surface area contributed by atoms with Crippen molar-refractivity contribution in [3.8, 4) is 11.3 Å². The van der Waals surface area contributed by atoms with Crippen LogP contribution in [0.1, 0.15) is 11.1 Å². The Morgan fingerprint density at radius 1 is 0.969 bits per heavy atom. The number of carbonyl (C=O) groups excluding carboxylic acids is 1. The van der Waals surface area contributed by atoms with Gasteiger partial charge < -0.3 is 9.80 Å². The lowest BCUT2D eigenvalue weighted by atomic mass is 10.1. The van der Waals surface area contributed by atoms with Gasteiger partial charge in [0, 0.05) is 50.0 Å². The van der Waals surface area contributed by atoms with E-state index < -0.39 is 4.92 Å². The van der Waals surface area contributed by atoms with Gasteiger partial charge >= 0.3 is 0 Å². The Hall–Kier alpha value is -4.07. The van der Waals surface area contributed by atoms with E-state index in [1.807, 2.05) is 30.3 Å². The second-order valence-electron chi connectivity index (χ2n) is 7.59. The number of aryl methyl sites for hydroxylation is 1. The van der Waals surface area contributed by atoms with Crippen LogP contribution in [0.15, 0.2) is 66.7 Å². The first-order valence-corrected chi connectivity index (χ1v) is 10.4. The van der Waals surface area contributed by atoms with Crippen molar-refractivity contribution < 1.29 is 9.72 Å². The van der Waals surface area contributed by atoms with Gasteiger partial charge in [0.25, 0.3) is 5.69 Å². The summed E-state index contributed by atoms with van der Waals surface area (Å²) in [5.74, 6) is 0.722. The zero-order chi connectivity index (χ0) is 22.5.